The summed E-state index contributed by atoms with van der Waals surface area (Å²) in [5.41, 5.74) is -0.323. The van der Waals surface area contributed by atoms with Gasteiger partial charge in [0.25, 0.3) is 0 Å². The fourth-order valence-corrected chi connectivity index (χ4v) is 1.46. The number of carbonyl (C=O) groups is 1. The van der Waals surface area contributed by atoms with E-state index < -0.39 is 30.0 Å². The quantitative estimate of drug-likeness (QED) is 0.827. The van der Waals surface area contributed by atoms with E-state index in [9.17, 15) is 35.5 Å². The molecule has 0 fully saturated rings. The van der Waals surface area contributed by atoms with Gasteiger partial charge >= 0.3 is 12.4 Å². The van der Waals surface area contributed by atoms with E-state index >= 15 is 0 Å². The molecule has 0 atom stereocenters. The van der Waals surface area contributed by atoms with Crippen molar-refractivity contribution in [2.75, 3.05) is 5.32 Å². The molecule has 112 valence electrons. The van der Waals surface area contributed by atoms with Crippen LogP contribution in [-0.4, -0.2) is 18.3 Å². The van der Waals surface area contributed by atoms with Crippen LogP contribution in [0.4, 0.5) is 36.4 Å². The van der Waals surface area contributed by atoms with Gasteiger partial charge in [-0.05, 0) is 30.7 Å². The van der Waals surface area contributed by atoms with Gasteiger partial charge in [0.05, 0.1) is 0 Å². The van der Waals surface area contributed by atoms with Crippen molar-refractivity contribution in [1.29, 1.82) is 0 Å². The number of carbonyl (C=O) groups excluding carboxylic acids is 1. The van der Waals surface area contributed by atoms with Crippen molar-refractivity contribution >= 4 is 11.6 Å². The molecule has 9 heteroatoms. The van der Waals surface area contributed by atoms with Crippen LogP contribution >= 0.6 is 0 Å². The highest BCUT2D eigenvalue weighted by Gasteiger charge is 2.61. The summed E-state index contributed by atoms with van der Waals surface area (Å²) in [4.78, 5) is 11.2. The number of anilines is 1. The number of halogens is 7. The first-order chi connectivity index (χ1) is 8.93. The lowest BCUT2D eigenvalue weighted by Crippen LogP contribution is -2.45. The average Bonchev–Trinajstić information content (AvgIpc) is 2.17. The maximum absolute atomic E-state index is 12.7. The van der Waals surface area contributed by atoms with Crippen LogP contribution in [0.3, 0.4) is 0 Å². The number of benzene rings is 1. The Morgan fingerprint density at radius 1 is 1.10 bits per heavy atom. The van der Waals surface area contributed by atoms with E-state index in [1.807, 2.05) is 0 Å². The van der Waals surface area contributed by atoms with Crippen molar-refractivity contribution in [1.82, 2.24) is 0 Å². The van der Waals surface area contributed by atoms with Gasteiger partial charge in [-0.25, -0.2) is 4.39 Å². The van der Waals surface area contributed by atoms with Crippen LogP contribution in [0.5, 0.6) is 0 Å². The number of amides is 1. The van der Waals surface area contributed by atoms with Crippen molar-refractivity contribution in [3.8, 4) is 0 Å². The van der Waals surface area contributed by atoms with Gasteiger partial charge in [-0.2, -0.15) is 26.3 Å². The van der Waals surface area contributed by atoms with Crippen LogP contribution in [0, 0.1) is 18.7 Å². The van der Waals surface area contributed by atoms with Crippen molar-refractivity contribution in [2.24, 2.45) is 5.92 Å². The fourth-order valence-electron chi connectivity index (χ4n) is 1.46. The molecule has 0 aromatic heterocycles. The van der Waals surface area contributed by atoms with Gasteiger partial charge in [-0.15, -0.1) is 0 Å². The molecule has 0 saturated heterocycles. The lowest BCUT2D eigenvalue weighted by atomic mass is 10.1. The number of aryl methyl sites for hydroxylation is 1. The van der Waals surface area contributed by atoms with E-state index in [0.717, 1.165) is 18.2 Å². The maximum Gasteiger partial charge on any atom is 0.409 e. The van der Waals surface area contributed by atoms with Crippen LogP contribution in [0.1, 0.15) is 5.56 Å². The third-order valence-corrected chi connectivity index (χ3v) is 2.36. The minimum Gasteiger partial charge on any atom is -0.325 e. The lowest BCUT2D eigenvalue weighted by molar-refractivity contribution is -0.272. The van der Waals surface area contributed by atoms with Crippen molar-refractivity contribution in [3.63, 3.8) is 0 Å². The van der Waals surface area contributed by atoms with Crippen LogP contribution in [-0.2, 0) is 4.79 Å². The average molecular weight is 303 g/mol. The summed E-state index contributed by atoms with van der Waals surface area (Å²) < 4.78 is 86.5. The van der Waals surface area contributed by atoms with Gasteiger partial charge in [0.2, 0.25) is 11.8 Å². The highest BCUT2D eigenvalue weighted by atomic mass is 19.4. The molecule has 1 amide bonds. The molecule has 1 rings (SSSR count). The molecular weight excluding hydrogens is 295 g/mol. The predicted molar refractivity (Wildman–Crippen MR) is 55.4 cm³/mol. The number of alkyl halides is 6. The van der Waals surface area contributed by atoms with Gasteiger partial charge in [0.15, 0.2) is 0 Å². The highest BCUT2D eigenvalue weighted by molar-refractivity contribution is 5.94. The molecular formula is C11H8F7NO. The van der Waals surface area contributed by atoms with Crippen LogP contribution in [0.15, 0.2) is 18.2 Å². The lowest BCUT2D eigenvalue weighted by Gasteiger charge is -2.22. The SMILES string of the molecule is Cc1cc(F)ccc1NC(=O)C(C(F)(F)F)C(F)(F)F. The largest absolute Gasteiger partial charge is 0.409 e. The maximum atomic E-state index is 12.7. The Balaban J connectivity index is 3.04. The summed E-state index contributed by atoms with van der Waals surface area (Å²) in [5.74, 6) is -7.14. The van der Waals surface area contributed by atoms with Crippen LogP contribution < -0.4 is 5.32 Å². The second kappa shape index (κ2) is 5.29. The Bertz CT molecular complexity index is 492. The third kappa shape index (κ3) is 3.84. The predicted octanol–water partition coefficient (Wildman–Crippen LogP) is 3.81. The first kappa shape index (κ1) is 16.3. The minimum atomic E-state index is -5.77. The molecule has 0 spiro atoms. The van der Waals surface area contributed by atoms with Crippen molar-refractivity contribution < 1.29 is 35.5 Å². The Morgan fingerprint density at radius 2 is 1.60 bits per heavy atom. The third-order valence-electron chi connectivity index (χ3n) is 2.36. The van der Waals surface area contributed by atoms with Crippen LogP contribution in [0.25, 0.3) is 0 Å². The van der Waals surface area contributed by atoms with E-state index in [4.69, 9.17) is 0 Å². The molecule has 0 aliphatic heterocycles. The summed E-state index contributed by atoms with van der Waals surface area (Å²) in [6.45, 7) is 1.23. The molecule has 0 aliphatic carbocycles. The zero-order chi connectivity index (χ0) is 15.7. The number of rotatable bonds is 2. The summed E-state index contributed by atoms with van der Waals surface area (Å²) in [6.07, 6.45) is -11.5. The first-order valence-corrected chi connectivity index (χ1v) is 5.13. The van der Waals surface area contributed by atoms with E-state index in [0.29, 0.717) is 0 Å². The van der Waals surface area contributed by atoms with E-state index in [1.54, 1.807) is 0 Å². The summed E-state index contributed by atoms with van der Waals surface area (Å²) >= 11 is 0. The second-order valence-corrected chi connectivity index (χ2v) is 3.96. The molecule has 0 saturated carbocycles. The Labute approximate surface area is 108 Å². The zero-order valence-electron chi connectivity index (χ0n) is 9.86. The molecule has 0 heterocycles. The smallest absolute Gasteiger partial charge is 0.325 e. The minimum absolute atomic E-state index is 0.00134. The zero-order valence-corrected chi connectivity index (χ0v) is 9.86. The molecule has 20 heavy (non-hydrogen) atoms. The van der Waals surface area contributed by atoms with Gasteiger partial charge in [0.1, 0.15) is 5.82 Å². The van der Waals surface area contributed by atoms with Gasteiger partial charge in [-0.3, -0.25) is 4.79 Å². The van der Waals surface area contributed by atoms with Crippen molar-refractivity contribution in [2.45, 2.75) is 19.3 Å². The summed E-state index contributed by atoms with van der Waals surface area (Å²) in [6, 6.07) is 2.55. The van der Waals surface area contributed by atoms with Gasteiger partial charge in [0, 0.05) is 5.69 Å². The monoisotopic (exact) mass is 303 g/mol. The highest BCUT2D eigenvalue weighted by Crippen LogP contribution is 2.40. The van der Waals surface area contributed by atoms with E-state index in [1.165, 1.54) is 12.2 Å². The Morgan fingerprint density at radius 3 is 2.00 bits per heavy atom. The standard InChI is InChI=1S/C11H8F7NO/c1-5-4-6(12)2-3-7(5)19-9(20)8(10(13,14)15)11(16,17)18/h2-4,8H,1H3,(H,19,20). The van der Waals surface area contributed by atoms with Crippen molar-refractivity contribution in [3.05, 3.63) is 29.6 Å². The van der Waals surface area contributed by atoms with Gasteiger partial charge < -0.3 is 5.32 Å². The second-order valence-electron chi connectivity index (χ2n) is 3.96. The van der Waals surface area contributed by atoms with Gasteiger partial charge in [-0.1, -0.05) is 0 Å². The molecule has 1 aromatic carbocycles. The number of nitrogens with one attached hydrogen (secondary N) is 1. The molecule has 0 unspecified atom stereocenters. The summed E-state index contributed by atoms with van der Waals surface area (Å²) in [7, 11) is 0. The molecule has 0 radical (unpaired) electrons. The fraction of sp³-hybridized carbons (Fsp3) is 0.364. The molecule has 1 aromatic rings. The molecule has 0 aliphatic rings. The van der Waals surface area contributed by atoms with E-state index in [2.05, 4.69) is 0 Å². The summed E-state index contributed by atoms with van der Waals surface area (Å²) in [5, 5.41) is 1.50. The Kier molecular flexibility index (Phi) is 4.30. The Hall–Kier alpha value is -1.80. The number of hydrogen-bond acceptors (Lipinski definition) is 1. The topological polar surface area (TPSA) is 29.1 Å². The molecule has 1 N–H and O–H groups in total. The first-order valence-electron chi connectivity index (χ1n) is 5.13. The normalized spacial score (nSPS) is 12.7. The number of hydrogen-bond donors (Lipinski definition) is 1. The van der Waals surface area contributed by atoms with E-state index in [-0.39, 0.29) is 11.3 Å². The molecule has 2 nitrogen and oxygen atoms in total. The van der Waals surface area contributed by atoms with Crippen LogP contribution in [0.2, 0.25) is 0 Å². The molecule has 0 bridgehead atoms.